The molecular weight excluding hydrogens is 428 g/mol. The summed E-state index contributed by atoms with van der Waals surface area (Å²) in [5.74, 6) is 0.429. The number of carboxylic acids is 1. The summed E-state index contributed by atoms with van der Waals surface area (Å²) in [6.07, 6.45) is 4.33. The first-order valence-electron chi connectivity index (χ1n) is 12.4. The van der Waals surface area contributed by atoms with E-state index in [9.17, 15) is 14.7 Å². The third-order valence-corrected chi connectivity index (χ3v) is 7.32. The van der Waals surface area contributed by atoms with Crippen molar-refractivity contribution in [2.75, 3.05) is 32.8 Å². The maximum atomic E-state index is 12.9. The van der Waals surface area contributed by atoms with Crippen LogP contribution in [0.5, 0.6) is 5.75 Å². The Balaban J connectivity index is 1.29. The molecule has 2 aromatic rings. The molecule has 0 aromatic heterocycles. The van der Waals surface area contributed by atoms with Crippen molar-refractivity contribution in [1.82, 2.24) is 9.80 Å². The van der Waals surface area contributed by atoms with Crippen molar-refractivity contribution in [2.45, 2.75) is 46.1 Å². The molecular formula is C28H36N2O4. The minimum absolute atomic E-state index is 0.0617. The molecule has 182 valence electrons. The quantitative estimate of drug-likeness (QED) is 0.629. The van der Waals surface area contributed by atoms with Crippen LogP contribution in [0.1, 0.15) is 65.8 Å². The highest BCUT2D eigenvalue weighted by atomic mass is 16.5. The van der Waals surface area contributed by atoms with Crippen molar-refractivity contribution in [2.24, 2.45) is 11.3 Å². The molecule has 2 fully saturated rings. The number of ether oxygens (including phenoxy) is 1. The molecule has 2 saturated heterocycles. The Morgan fingerprint density at radius 3 is 2.26 bits per heavy atom. The Bertz CT molecular complexity index is 1000. The van der Waals surface area contributed by atoms with Gasteiger partial charge in [0.1, 0.15) is 5.75 Å². The third kappa shape index (κ3) is 5.79. The molecule has 4 rings (SSSR count). The van der Waals surface area contributed by atoms with Gasteiger partial charge in [0.05, 0.1) is 12.2 Å². The number of rotatable bonds is 7. The summed E-state index contributed by atoms with van der Waals surface area (Å²) in [6, 6.07) is 14.7. The third-order valence-electron chi connectivity index (χ3n) is 7.32. The van der Waals surface area contributed by atoms with E-state index in [1.807, 2.05) is 11.0 Å². The topological polar surface area (TPSA) is 70.1 Å². The molecule has 1 N–H and O–H groups in total. The van der Waals surface area contributed by atoms with Gasteiger partial charge in [0.2, 0.25) is 0 Å². The average Bonchev–Trinajstić information content (AvgIpc) is 2.85. The fraction of sp³-hybridized carbons (Fsp3) is 0.500. The number of likely N-dealkylation sites (tertiary alicyclic amines) is 2. The molecule has 0 aliphatic carbocycles. The zero-order chi connectivity index (χ0) is 24.1. The maximum Gasteiger partial charge on any atom is 0.335 e. The lowest BCUT2D eigenvalue weighted by Crippen LogP contribution is -2.48. The van der Waals surface area contributed by atoms with Crippen LogP contribution in [0.4, 0.5) is 0 Å². The van der Waals surface area contributed by atoms with Gasteiger partial charge in [-0.2, -0.15) is 0 Å². The summed E-state index contributed by atoms with van der Waals surface area (Å²) in [4.78, 5) is 28.6. The second kappa shape index (κ2) is 10.6. The summed E-state index contributed by atoms with van der Waals surface area (Å²) in [5, 5.41) is 9.21. The molecule has 0 radical (unpaired) electrons. The van der Waals surface area contributed by atoms with Crippen LogP contribution in [0, 0.1) is 11.3 Å². The Kier molecular flexibility index (Phi) is 7.57. The van der Waals surface area contributed by atoms with Crippen molar-refractivity contribution in [1.29, 1.82) is 0 Å². The van der Waals surface area contributed by atoms with E-state index in [0.29, 0.717) is 16.9 Å². The van der Waals surface area contributed by atoms with E-state index in [1.165, 1.54) is 17.7 Å². The lowest BCUT2D eigenvalue weighted by atomic mass is 9.71. The van der Waals surface area contributed by atoms with Gasteiger partial charge in [0.25, 0.3) is 5.91 Å². The zero-order valence-corrected chi connectivity index (χ0v) is 20.3. The summed E-state index contributed by atoms with van der Waals surface area (Å²) < 4.78 is 6.04. The van der Waals surface area contributed by atoms with E-state index in [2.05, 4.69) is 36.9 Å². The fourth-order valence-electron chi connectivity index (χ4n) is 5.11. The van der Waals surface area contributed by atoms with Crippen molar-refractivity contribution in [3.8, 4) is 5.75 Å². The molecule has 2 heterocycles. The monoisotopic (exact) mass is 464 g/mol. The number of para-hydroxylation sites is 1. The average molecular weight is 465 g/mol. The number of carbonyl (C=O) groups is 2. The summed E-state index contributed by atoms with van der Waals surface area (Å²) >= 11 is 0. The molecule has 6 heteroatoms. The maximum absolute atomic E-state index is 12.9. The number of carboxylic acid groups (broad SMARTS) is 1. The van der Waals surface area contributed by atoms with Gasteiger partial charge in [-0.25, -0.2) is 4.79 Å². The van der Waals surface area contributed by atoms with Crippen molar-refractivity contribution < 1.29 is 19.4 Å². The molecule has 34 heavy (non-hydrogen) atoms. The molecule has 0 unspecified atom stereocenters. The van der Waals surface area contributed by atoms with Crippen LogP contribution < -0.4 is 4.74 Å². The number of aromatic carboxylic acids is 1. The number of piperidine rings is 2. The molecule has 2 aromatic carbocycles. The lowest BCUT2D eigenvalue weighted by molar-refractivity contribution is 0.0283. The van der Waals surface area contributed by atoms with E-state index in [1.54, 1.807) is 12.1 Å². The first-order valence-corrected chi connectivity index (χ1v) is 12.4. The predicted molar refractivity (Wildman–Crippen MR) is 132 cm³/mol. The number of nitrogens with zero attached hydrogens (tertiary/aromatic N) is 2. The van der Waals surface area contributed by atoms with Crippen LogP contribution in [-0.2, 0) is 6.54 Å². The standard InChI is InChI=1S/C28H36N2O4/c1-21(2)20-34-25-9-4-3-6-24(25)19-29-14-10-28(11-15-29)12-16-30(17-13-28)26(31)22-7-5-8-23(18-22)27(32)33/h3-9,18,21H,10-17,19-20H2,1-2H3,(H,32,33). The summed E-state index contributed by atoms with van der Waals surface area (Å²) in [6.45, 7) is 9.58. The van der Waals surface area contributed by atoms with Gasteiger partial charge in [0, 0.05) is 30.8 Å². The minimum Gasteiger partial charge on any atom is -0.493 e. The van der Waals surface area contributed by atoms with Gasteiger partial charge in [-0.1, -0.05) is 38.1 Å². The van der Waals surface area contributed by atoms with Gasteiger partial charge >= 0.3 is 5.97 Å². The second-order valence-electron chi connectivity index (χ2n) is 10.3. The zero-order valence-electron chi connectivity index (χ0n) is 20.3. The Morgan fingerprint density at radius 1 is 0.941 bits per heavy atom. The van der Waals surface area contributed by atoms with E-state index >= 15 is 0 Å². The second-order valence-corrected chi connectivity index (χ2v) is 10.3. The van der Waals surface area contributed by atoms with Crippen LogP contribution in [0.2, 0.25) is 0 Å². The highest BCUT2D eigenvalue weighted by Crippen LogP contribution is 2.42. The first-order chi connectivity index (χ1) is 16.3. The molecule has 0 saturated carbocycles. The summed E-state index contributed by atoms with van der Waals surface area (Å²) in [5.41, 5.74) is 2.18. The van der Waals surface area contributed by atoms with E-state index in [4.69, 9.17) is 4.74 Å². The Hall–Kier alpha value is -2.86. The molecule has 1 spiro atoms. The molecule has 0 bridgehead atoms. The van der Waals surface area contributed by atoms with E-state index < -0.39 is 5.97 Å². The first kappa shape index (κ1) is 24.3. The van der Waals surface area contributed by atoms with Crippen LogP contribution in [0.15, 0.2) is 48.5 Å². The number of hydrogen-bond donors (Lipinski definition) is 1. The van der Waals surface area contributed by atoms with Gasteiger partial charge in [-0.05, 0) is 74.4 Å². The minimum atomic E-state index is -1.01. The van der Waals surface area contributed by atoms with Crippen LogP contribution >= 0.6 is 0 Å². The fourth-order valence-corrected chi connectivity index (χ4v) is 5.11. The molecule has 0 atom stereocenters. The van der Waals surface area contributed by atoms with Gasteiger partial charge in [-0.15, -0.1) is 0 Å². The molecule has 2 aliphatic heterocycles. The van der Waals surface area contributed by atoms with Crippen LogP contribution in [0.3, 0.4) is 0 Å². The number of amides is 1. The van der Waals surface area contributed by atoms with E-state index in [-0.39, 0.29) is 11.5 Å². The molecule has 6 nitrogen and oxygen atoms in total. The Labute approximate surface area is 202 Å². The van der Waals surface area contributed by atoms with Crippen molar-refractivity contribution in [3.63, 3.8) is 0 Å². The summed E-state index contributed by atoms with van der Waals surface area (Å²) in [7, 11) is 0. The molecule has 2 aliphatic rings. The predicted octanol–water partition coefficient (Wildman–Crippen LogP) is 4.94. The largest absolute Gasteiger partial charge is 0.493 e. The highest BCUT2D eigenvalue weighted by Gasteiger charge is 2.38. The van der Waals surface area contributed by atoms with Crippen molar-refractivity contribution >= 4 is 11.9 Å². The Morgan fingerprint density at radius 2 is 1.59 bits per heavy atom. The van der Waals surface area contributed by atoms with Crippen LogP contribution in [0.25, 0.3) is 0 Å². The highest BCUT2D eigenvalue weighted by molar-refractivity contribution is 5.97. The smallest absolute Gasteiger partial charge is 0.335 e. The number of hydrogen-bond acceptors (Lipinski definition) is 4. The van der Waals surface area contributed by atoms with Crippen LogP contribution in [-0.4, -0.2) is 59.6 Å². The van der Waals surface area contributed by atoms with Gasteiger partial charge in [-0.3, -0.25) is 9.69 Å². The number of carbonyl (C=O) groups excluding carboxylic acids is 1. The van der Waals surface area contributed by atoms with Gasteiger partial charge in [0.15, 0.2) is 0 Å². The molecule has 1 amide bonds. The normalized spacial score (nSPS) is 18.3. The lowest BCUT2D eigenvalue weighted by Gasteiger charge is -2.47. The number of benzene rings is 2. The van der Waals surface area contributed by atoms with E-state index in [0.717, 1.165) is 70.8 Å². The van der Waals surface area contributed by atoms with Crippen molar-refractivity contribution in [3.05, 3.63) is 65.2 Å². The van der Waals surface area contributed by atoms with Gasteiger partial charge < -0.3 is 14.7 Å². The SMILES string of the molecule is CC(C)COc1ccccc1CN1CCC2(CC1)CCN(C(=O)c1cccc(C(=O)O)c1)CC2.